The minimum absolute atomic E-state index is 0.0578. The van der Waals surface area contributed by atoms with E-state index in [0.717, 1.165) is 18.5 Å². The first-order valence-electron chi connectivity index (χ1n) is 8.73. The molecule has 0 bridgehead atoms. The van der Waals surface area contributed by atoms with E-state index in [2.05, 4.69) is 11.9 Å². The summed E-state index contributed by atoms with van der Waals surface area (Å²) in [4.78, 5) is 19.8. The number of hydrogen-bond acceptors (Lipinski definition) is 4. The number of phenolic OH excluding ortho intramolecular Hbond substituents is 1. The Balaban J connectivity index is 1.94. The van der Waals surface area contributed by atoms with Crippen LogP contribution in [0.2, 0.25) is 0 Å². The monoisotopic (exact) mass is 366 g/mol. The Bertz CT molecular complexity index is 857. The van der Waals surface area contributed by atoms with Gasteiger partial charge in [-0.3, -0.25) is 9.69 Å². The van der Waals surface area contributed by atoms with Crippen molar-refractivity contribution in [2.24, 2.45) is 4.99 Å². The van der Waals surface area contributed by atoms with Crippen LogP contribution in [-0.4, -0.2) is 27.6 Å². The molecule has 3 rings (SSSR count). The number of phenols is 1. The number of rotatable bonds is 5. The van der Waals surface area contributed by atoms with E-state index >= 15 is 0 Å². The normalized spacial score (nSPS) is 17.5. The number of amides is 1. The molecule has 0 atom stereocenters. The molecular formula is C21H22N2O2S. The summed E-state index contributed by atoms with van der Waals surface area (Å²) in [5.41, 5.74) is 2.64. The fraction of sp³-hybridized carbons (Fsp3) is 0.238. The lowest BCUT2D eigenvalue weighted by Gasteiger charge is -2.14. The zero-order valence-electron chi connectivity index (χ0n) is 15.0. The van der Waals surface area contributed by atoms with E-state index in [1.54, 1.807) is 29.2 Å². The topological polar surface area (TPSA) is 52.9 Å². The van der Waals surface area contributed by atoms with Crippen LogP contribution in [0.3, 0.4) is 0 Å². The van der Waals surface area contributed by atoms with E-state index < -0.39 is 0 Å². The van der Waals surface area contributed by atoms with Crippen LogP contribution in [0, 0.1) is 6.92 Å². The number of unbranched alkanes of at least 4 members (excludes halogenated alkanes) is 1. The van der Waals surface area contributed by atoms with E-state index in [1.807, 2.05) is 37.3 Å². The van der Waals surface area contributed by atoms with Gasteiger partial charge in [0.25, 0.3) is 5.91 Å². The Morgan fingerprint density at radius 2 is 1.88 bits per heavy atom. The number of carbonyl (C=O) groups excluding carboxylic acids is 1. The SMILES string of the molecule is CCCCN1C(=O)/C(=C\c2ccccc2O)SC1=Nc1ccc(C)cc1. The summed E-state index contributed by atoms with van der Waals surface area (Å²) in [6.45, 7) is 4.78. The molecule has 2 aromatic rings. The van der Waals surface area contributed by atoms with Crippen LogP contribution in [0.5, 0.6) is 5.75 Å². The maximum Gasteiger partial charge on any atom is 0.266 e. The predicted octanol–water partition coefficient (Wildman–Crippen LogP) is 5.10. The number of amidine groups is 1. The number of hydrogen-bond donors (Lipinski definition) is 1. The lowest BCUT2D eigenvalue weighted by Crippen LogP contribution is -2.30. The third-order valence-corrected chi connectivity index (χ3v) is 5.11. The Labute approximate surface area is 158 Å². The van der Waals surface area contributed by atoms with Gasteiger partial charge in [0, 0.05) is 12.1 Å². The van der Waals surface area contributed by atoms with Gasteiger partial charge < -0.3 is 5.11 Å². The van der Waals surface area contributed by atoms with Crippen molar-refractivity contribution in [2.75, 3.05) is 6.54 Å². The largest absolute Gasteiger partial charge is 0.507 e. The van der Waals surface area contributed by atoms with Gasteiger partial charge in [-0.05, 0) is 49.4 Å². The van der Waals surface area contributed by atoms with Gasteiger partial charge >= 0.3 is 0 Å². The van der Waals surface area contributed by atoms with Crippen molar-refractivity contribution in [1.82, 2.24) is 4.90 Å². The van der Waals surface area contributed by atoms with E-state index in [-0.39, 0.29) is 11.7 Å². The fourth-order valence-corrected chi connectivity index (χ4v) is 3.60. The van der Waals surface area contributed by atoms with Crippen molar-refractivity contribution in [3.05, 3.63) is 64.6 Å². The highest BCUT2D eigenvalue weighted by Crippen LogP contribution is 2.35. The van der Waals surface area contributed by atoms with Crippen LogP contribution in [0.15, 0.2) is 58.4 Å². The van der Waals surface area contributed by atoms with Gasteiger partial charge in [-0.15, -0.1) is 0 Å². The fourth-order valence-electron chi connectivity index (χ4n) is 2.59. The molecule has 0 aromatic heterocycles. The zero-order valence-corrected chi connectivity index (χ0v) is 15.8. The molecule has 134 valence electrons. The highest BCUT2D eigenvalue weighted by molar-refractivity contribution is 8.18. The first kappa shape index (κ1) is 18.3. The molecule has 1 fully saturated rings. The van der Waals surface area contributed by atoms with Crippen LogP contribution in [-0.2, 0) is 4.79 Å². The number of nitrogens with zero attached hydrogens (tertiary/aromatic N) is 2. The third-order valence-electron chi connectivity index (χ3n) is 4.11. The van der Waals surface area contributed by atoms with Gasteiger partial charge in [0.15, 0.2) is 5.17 Å². The maximum absolute atomic E-state index is 12.9. The number of para-hydroxylation sites is 1. The molecule has 1 N–H and O–H groups in total. The van der Waals surface area contributed by atoms with Crippen molar-refractivity contribution in [3.8, 4) is 5.75 Å². The molecule has 1 heterocycles. The van der Waals surface area contributed by atoms with Crippen LogP contribution in [0.4, 0.5) is 5.69 Å². The van der Waals surface area contributed by atoms with E-state index in [0.29, 0.717) is 22.2 Å². The summed E-state index contributed by atoms with van der Waals surface area (Å²) in [6.07, 6.45) is 3.66. The molecule has 1 aliphatic rings. The highest BCUT2D eigenvalue weighted by atomic mass is 32.2. The standard InChI is InChI=1S/C21H22N2O2S/c1-3-4-13-23-20(25)19(14-16-7-5-6-8-18(16)24)26-21(23)22-17-11-9-15(2)10-12-17/h5-12,14,24H,3-4,13H2,1-2H3/b19-14+,22-21?. The lowest BCUT2D eigenvalue weighted by molar-refractivity contribution is -0.122. The molecule has 4 nitrogen and oxygen atoms in total. The molecular weight excluding hydrogens is 344 g/mol. The molecule has 26 heavy (non-hydrogen) atoms. The number of benzene rings is 2. The van der Waals surface area contributed by atoms with E-state index in [9.17, 15) is 9.90 Å². The summed E-state index contributed by atoms with van der Waals surface area (Å²) in [6, 6.07) is 14.9. The number of carbonyl (C=O) groups is 1. The minimum atomic E-state index is -0.0578. The lowest BCUT2D eigenvalue weighted by atomic mass is 10.2. The second-order valence-electron chi connectivity index (χ2n) is 6.21. The molecule has 0 radical (unpaired) electrons. The number of aromatic hydroxyl groups is 1. The van der Waals surface area contributed by atoms with Crippen molar-refractivity contribution < 1.29 is 9.90 Å². The molecule has 1 aliphatic heterocycles. The van der Waals surface area contributed by atoms with Crippen molar-refractivity contribution in [3.63, 3.8) is 0 Å². The highest BCUT2D eigenvalue weighted by Gasteiger charge is 2.33. The maximum atomic E-state index is 12.9. The molecule has 0 aliphatic carbocycles. The first-order chi connectivity index (χ1) is 12.6. The zero-order chi connectivity index (χ0) is 18.5. The Morgan fingerprint density at radius 3 is 2.58 bits per heavy atom. The molecule has 1 amide bonds. The van der Waals surface area contributed by atoms with E-state index in [1.165, 1.54) is 17.3 Å². The molecule has 5 heteroatoms. The third kappa shape index (κ3) is 4.17. The van der Waals surface area contributed by atoms with Crippen LogP contribution < -0.4 is 0 Å². The van der Waals surface area contributed by atoms with Gasteiger partial charge in [-0.25, -0.2) is 4.99 Å². The van der Waals surface area contributed by atoms with Crippen molar-refractivity contribution in [1.29, 1.82) is 0 Å². The summed E-state index contributed by atoms with van der Waals surface area (Å²) >= 11 is 1.36. The first-order valence-corrected chi connectivity index (χ1v) is 9.55. The Morgan fingerprint density at radius 1 is 1.15 bits per heavy atom. The Kier molecular flexibility index (Phi) is 5.78. The summed E-state index contributed by atoms with van der Waals surface area (Å²) in [5.74, 6) is 0.106. The predicted molar refractivity (Wildman–Crippen MR) is 109 cm³/mol. The molecule has 2 aromatic carbocycles. The summed E-state index contributed by atoms with van der Waals surface area (Å²) in [5, 5.41) is 10.7. The molecule has 0 unspecified atom stereocenters. The average molecular weight is 366 g/mol. The Hall–Kier alpha value is -2.53. The molecule has 0 saturated carbocycles. The number of aliphatic imine (C=N–C) groups is 1. The quantitative estimate of drug-likeness (QED) is 0.749. The molecule has 1 saturated heterocycles. The van der Waals surface area contributed by atoms with Crippen LogP contribution in [0.1, 0.15) is 30.9 Å². The number of thioether (sulfide) groups is 1. The smallest absolute Gasteiger partial charge is 0.266 e. The van der Waals surface area contributed by atoms with Gasteiger partial charge in [-0.1, -0.05) is 49.2 Å². The second-order valence-corrected chi connectivity index (χ2v) is 7.22. The molecule has 0 spiro atoms. The second kappa shape index (κ2) is 8.23. The van der Waals surface area contributed by atoms with Gasteiger partial charge in [0.1, 0.15) is 5.75 Å². The number of aryl methyl sites for hydroxylation is 1. The van der Waals surface area contributed by atoms with Crippen LogP contribution >= 0.6 is 11.8 Å². The summed E-state index contributed by atoms with van der Waals surface area (Å²) in [7, 11) is 0. The van der Waals surface area contributed by atoms with Gasteiger partial charge in [0.2, 0.25) is 0 Å². The summed E-state index contributed by atoms with van der Waals surface area (Å²) < 4.78 is 0. The van der Waals surface area contributed by atoms with E-state index in [4.69, 9.17) is 0 Å². The van der Waals surface area contributed by atoms with Crippen LogP contribution in [0.25, 0.3) is 6.08 Å². The van der Waals surface area contributed by atoms with Crippen molar-refractivity contribution >= 4 is 34.6 Å². The van der Waals surface area contributed by atoms with Crippen molar-refractivity contribution in [2.45, 2.75) is 26.7 Å². The van der Waals surface area contributed by atoms with Gasteiger partial charge in [-0.2, -0.15) is 0 Å². The average Bonchev–Trinajstić information content (AvgIpc) is 2.92. The van der Waals surface area contributed by atoms with Gasteiger partial charge in [0.05, 0.1) is 10.6 Å². The minimum Gasteiger partial charge on any atom is -0.507 e.